The maximum atomic E-state index is 13.8. The molecular formula is C14H10BrFO3. The van der Waals surface area contributed by atoms with Gasteiger partial charge in [-0.1, -0.05) is 34.1 Å². The maximum Gasteiger partial charge on any atom is 0.344 e. The van der Waals surface area contributed by atoms with Crippen LogP contribution in [0, 0.1) is 5.82 Å². The molecule has 0 bridgehead atoms. The Hall–Kier alpha value is -1.88. The van der Waals surface area contributed by atoms with E-state index in [1.807, 2.05) is 6.07 Å². The number of rotatable bonds is 3. The van der Waals surface area contributed by atoms with Gasteiger partial charge in [0.1, 0.15) is 22.9 Å². The molecule has 0 heterocycles. The molecule has 0 aliphatic heterocycles. The van der Waals surface area contributed by atoms with Crippen LogP contribution < -0.4 is 4.74 Å². The molecule has 0 saturated carbocycles. The molecule has 19 heavy (non-hydrogen) atoms. The van der Waals surface area contributed by atoms with Gasteiger partial charge in [0.25, 0.3) is 0 Å². The van der Waals surface area contributed by atoms with E-state index in [0.29, 0.717) is 10.2 Å². The second-order valence-electron chi connectivity index (χ2n) is 3.67. The SMILES string of the molecule is COC(=O)c1c(F)cc(Br)cc1Oc1ccccc1. The van der Waals surface area contributed by atoms with Crippen LogP contribution in [0.25, 0.3) is 0 Å². The van der Waals surface area contributed by atoms with E-state index in [-0.39, 0.29) is 11.3 Å². The van der Waals surface area contributed by atoms with Gasteiger partial charge in [-0.3, -0.25) is 0 Å². The Balaban J connectivity index is 2.46. The summed E-state index contributed by atoms with van der Waals surface area (Å²) in [7, 11) is 1.19. The third-order valence-corrected chi connectivity index (χ3v) is 2.84. The average Bonchev–Trinajstić information content (AvgIpc) is 2.38. The van der Waals surface area contributed by atoms with Gasteiger partial charge in [0.05, 0.1) is 7.11 Å². The van der Waals surface area contributed by atoms with E-state index in [2.05, 4.69) is 20.7 Å². The summed E-state index contributed by atoms with van der Waals surface area (Å²) in [5, 5.41) is 0. The first-order chi connectivity index (χ1) is 9.11. The molecule has 0 unspecified atom stereocenters. The fourth-order valence-electron chi connectivity index (χ4n) is 1.55. The van der Waals surface area contributed by atoms with Crippen molar-refractivity contribution in [1.29, 1.82) is 0 Å². The third kappa shape index (κ3) is 3.12. The molecule has 0 fully saturated rings. The lowest BCUT2D eigenvalue weighted by Crippen LogP contribution is -2.07. The van der Waals surface area contributed by atoms with Gasteiger partial charge in [-0.05, 0) is 24.3 Å². The van der Waals surface area contributed by atoms with Crippen LogP contribution in [-0.2, 0) is 4.74 Å². The van der Waals surface area contributed by atoms with Crippen LogP contribution in [0.1, 0.15) is 10.4 Å². The number of methoxy groups -OCH3 is 1. The number of esters is 1. The van der Waals surface area contributed by atoms with Gasteiger partial charge >= 0.3 is 5.97 Å². The smallest absolute Gasteiger partial charge is 0.344 e. The summed E-state index contributed by atoms with van der Waals surface area (Å²) in [6.45, 7) is 0. The van der Waals surface area contributed by atoms with E-state index < -0.39 is 11.8 Å². The summed E-state index contributed by atoms with van der Waals surface area (Å²) in [6, 6.07) is 11.5. The van der Waals surface area contributed by atoms with Crippen molar-refractivity contribution in [2.24, 2.45) is 0 Å². The van der Waals surface area contributed by atoms with Gasteiger partial charge in [-0.15, -0.1) is 0 Å². The molecule has 0 radical (unpaired) electrons. The zero-order chi connectivity index (χ0) is 13.8. The highest BCUT2D eigenvalue weighted by Gasteiger charge is 2.20. The summed E-state index contributed by atoms with van der Waals surface area (Å²) in [4.78, 5) is 11.6. The van der Waals surface area contributed by atoms with Crippen molar-refractivity contribution in [1.82, 2.24) is 0 Å². The first kappa shape index (κ1) is 13.5. The first-order valence-electron chi connectivity index (χ1n) is 5.42. The van der Waals surface area contributed by atoms with Gasteiger partial charge in [-0.2, -0.15) is 0 Å². The van der Waals surface area contributed by atoms with Crippen molar-refractivity contribution in [3.63, 3.8) is 0 Å². The molecule has 0 aromatic heterocycles. The Morgan fingerprint density at radius 3 is 2.53 bits per heavy atom. The molecule has 98 valence electrons. The second kappa shape index (κ2) is 5.84. The second-order valence-corrected chi connectivity index (χ2v) is 4.58. The van der Waals surface area contributed by atoms with Crippen LogP contribution in [0.15, 0.2) is 46.9 Å². The summed E-state index contributed by atoms with van der Waals surface area (Å²) >= 11 is 3.16. The number of hydrogen-bond acceptors (Lipinski definition) is 3. The minimum atomic E-state index is -0.782. The van der Waals surface area contributed by atoms with E-state index in [1.54, 1.807) is 24.3 Å². The fourth-order valence-corrected chi connectivity index (χ4v) is 1.96. The predicted molar refractivity (Wildman–Crippen MR) is 72.0 cm³/mol. The third-order valence-electron chi connectivity index (χ3n) is 2.38. The predicted octanol–water partition coefficient (Wildman–Crippen LogP) is 4.17. The molecule has 0 atom stereocenters. The van der Waals surface area contributed by atoms with Crippen LogP contribution >= 0.6 is 15.9 Å². The molecule has 0 spiro atoms. The summed E-state index contributed by atoms with van der Waals surface area (Å²) in [6.07, 6.45) is 0. The average molecular weight is 325 g/mol. The molecule has 2 rings (SSSR count). The minimum absolute atomic E-state index is 0.102. The van der Waals surface area contributed by atoms with Crippen LogP contribution in [-0.4, -0.2) is 13.1 Å². The number of para-hydroxylation sites is 1. The summed E-state index contributed by atoms with van der Waals surface area (Å²) in [5.74, 6) is -0.877. The normalized spacial score (nSPS) is 10.1. The molecular weight excluding hydrogens is 315 g/mol. The van der Waals surface area contributed by atoms with Crippen molar-refractivity contribution >= 4 is 21.9 Å². The van der Waals surface area contributed by atoms with Gasteiger partial charge in [0.2, 0.25) is 0 Å². The van der Waals surface area contributed by atoms with Crippen molar-refractivity contribution in [3.8, 4) is 11.5 Å². The highest BCUT2D eigenvalue weighted by atomic mass is 79.9. The number of hydrogen-bond donors (Lipinski definition) is 0. The van der Waals surface area contributed by atoms with Gasteiger partial charge in [-0.25, -0.2) is 9.18 Å². The standard InChI is InChI=1S/C14H10BrFO3/c1-18-14(17)13-11(16)7-9(15)8-12(13)19-10-5-3-2-4-6-10/h2-8H,1H3. The lowest BCUT2D eigenvalue weighted by Gasteiger charge is -2.11. The zero-order valence-electron chi connectivity index (χ0n) is 10.0. The van der Waals surface area contributed by atoms with Gasteiger partial charge in [0.15, 0.2) is 0 Å². The monoisotopic (exact) mass is 324 g/mol. The van der Waals surface area contributed by atoms with Crippen LogP contribution in [0.3, 0.4) is 0 Å². The molecule has 3 nitrogen and oxygen atoms in total. The largest absolute Gasteiger partial charge is 0.465 e. The lowest BCUT2D eigenvalue weighted by molar-refractivity contribution is 0.0592. The Labute approximate surface area is 118 Å². The first-order valence-corrected chi connectivity index (χ1v) is 6.21. The van der Waals surface area contributed by atoms with Gasteiger partial charge in [0, 0.05) is 4.47 Å². The van der Waals surface area contributed by atoms with E-state index in [1.165, 1.54) is 19.2 Å². The Kier molecular flexibility index (Phi) is 4.16. The number of ether oxygens (including phenoxy) is 2. The van der Waals surface area contributed by atoms with Crippen molar-refractivity contribution in [2.45, 2.75) is 0 Å². The fraction of sp³-hybridized carbons (Fsp3) is 0.0714. The molecule has 0 N–H and O–H groups in total. The van der Waals surface area contributed by atoms with E-state index in [9.17, 15) is 9.18 Å². The number of carbonyl (C=O) groups is 1. The van der Waals surface area contributed by atoms with Crippen molar-refractivity contribution < 1.29 is 18.7 Å². The molecule has 2 aromatic rings. The molecule has 2 aromatic carbocycles. The lowest BCUT2D eigenvalue weighted by atomic mass is 10.2. The van der Waals surface area contributed by atoms with E-state index >= 15 is 0 Å². The Morgan fingerprint density at radius 1 is 1.21 bits per heavy atom. The Morgan fingerprint density at radius 2 is 1.89 bits per heavy atom. The highest BCUT2D eigenvalue weighted by Crippen LogP contribution is 2.31. The number of carbonyl (C=O) groups excluding carboxylic acids is 1. The van der Waals surface area contributed by atoms with E-state index in [4.69, 9.17) is 4.74 Å². The highest BCUT2D eigenvalue weighted by molar-refractivity contribution is 9.10. The summed E-state index contributed by atoms with van der Waals surface area (Å²) in [5.41, 5.74) is -0.227. The number of benzene rings is 2. The van der Waals surface area contributed by atoms with Crippen LogP contribution in [0.4, 0.5) is 4.39 Å². The van der Waals surface area contributed by atoms with Crippen LogP contribution in [0.5, 0.6) is 11.5 Å². The topological polar surface area (TPSA) is 35.5 Å². The molecule has 0 amide bonds. The van der Waals surface area contributed by atoms with Crippen molar-refractivity contribution in [3.05, 3.63) is 58.3 Å². The molecule has 0 aliphatic rings. The van der Waals surface area contributed by atoms with Crippen molar-refractivity contribution in [2.75, 3.05) is 7.11 Å². The Bertz CT molecular complexity index is 599. The molecule has 0 saturated heterocycles. The molecule has 5 heteroatoms. The zero-order valence-corrected chi connectivity index (χ0v) is 11.6. The number of halogens is 2. The molecule has 0 aliphatic carbocycles. The minimum Gasteiger partial charge on any atom is -0.465 e. The van der Waals surface area contributed by atoms with Gasteiger partial charge < -0.3 is 9.47 Å². The van der Waals surface area contributed by atoms with E-state index in [0.717, 1.165) is 0 Å². The van der Waals surface area contributed by atoms with Crippen LogP contribution in [0.2, 0.25) is 0 Å². The maximum absolute atomic E-state index is 13.8. The summed E-state index contributed by atoms with van der Waals surface area (Å²) < 4.78 is 24.4. The quantitative estimate of drug-likeness (QED) is 0.795.